The Balaban J connectivity index is 2.16. The minimum Gasteiger partial charge on any atom is -0.504 e. The molecule has 0 heterocycles. The van der Waals surface area contributed by atoms with Crippen molar-refractivity contribution in [2.24, 2.45) is 5.73 Å². The lowest BCUT2D eigenvalue weighted by Gasteiger charge is -2.10. The van der Waals surface area contributed by atoms with Gasteiger partial charge in [0.25, 0.3) is 5.91 Å². The van der Waals surface area contributed by atoms with Crippen molar-refractivity contribution in [1.82, 2.24) is 0 Å². The SMILES string of the molecule is NC(=O)c1ccccc1NC(=O)Cc1cccc(O)c1O. The average Bonchev–Trinajstić information content (AvgIpc) is 2.44. The second kappa shape index (κ2) is 5.96. The van der Waals surface area contributed by atoms with Crippen LogP contribution in [0.25, 0.3) is 0 Å². The van der Waals surface area contributed by atoms with Crippen LogP contribution in [0.4, 0.5) is 5.69 Å². The molecule has 108 valence electrons. The van der Waals surface area contributed by atoms with Crippen molar-refractivity contribution in [3.8, 4) is 11.5 Å². The summed E-state index contributed by atoms with van der Waals surface area (Å²) in [5.41, 5.74) is 6.01. The molecule has 6 heteroatoms. The van der Waals surface area contributed by atoms with Crippen LogP contribution in [0.1, 0.15) is 15.9 Å². The molecule has 0 aliphatic carbocycles. The first-order valence-corrected chi connectivity index (χ1v) is 6.17. The average molecular weight is 286 g/mol. The first-order valence-electron chi connectivity index (χ1n) is 6.17. The Morgan fingerprint density at radius 1 is 1.05 bits per heavy atom. The van der Waals surface area contributed by atoms with Gasteiger partial charge >= 0.3 is 0 Å². The van der Waals surface area contributed by atoms with E-state index in [-0.39, 0.29) is 29.0 Å². The van der Waals surface area contributed by atoms with Crippen molar-refractivity contribution < 1.29 is 19.8 Å². The van der Waals surface area contributed by atoms with Gasteiger partial charge < -0.3 is 21.3 Å². The van der Waals surface area contributed by atoms with Crippen molar-refractivity contribution in [3.63, 3.8) is 0 Å². The minimum absolute atomic E-state index is 0.146. The first kappa shape index (κ1) is 14.4. The Labute approximate surface area is 120 Å². The van der Waals surface area contributed by atoms with Gasteiger partial charge in [0.15, 0.2) is 11.5 Å². The highest BCUT2D eigenvalue weighted by atomic mass is 16.3. The normalized spacial score (nSPS) is 10.1. The summed E-state index contributed by atoms with van der Waals surface area (Å²) in [6.07, 6.45) is -0.146. The molecule has 0 radical (unpaired) electrons. The van der Waals surface area contributed by atoms with Crippen LogP contribution in [0, 0.1) is 0 Å². The highest BCUT2D eigenvalue weighted by Crippen LogP contribution is 2.28. The summed E-state index contributed by atoms with van der Waals surface area (Å²) in [6, 6.07) is 10.7. The maximum Gasteiger partial charge on any atom is 0.250 e. The number of aromatic hydroxyl groups is 2. The number of primary amides is 1. The smallest absolute Gasteiger partial charge is 0.250 e. The zero-order chi connectivity index (χ0) is 15.4. The summed E-state index contributed by atoms with van der Waals surface area (Å²) in [6.45, 7) is 0. The lowest BCUT2D eigenvalue weighted by Crippen LogP contribution is -2.19. The van der Waals surface area contributed by atoms with Gasteiger partial charge in [-0.15, -0.1) is 0 Å². The standard InChI is InChI=1S/C15H14N2O4/c16-15(21)10-5-1-2-6-11(10)17-13(19)8-9-4-3-7-12(18)14(9)20/h1-7,18,20H,8H2,(H2,16,21)(H,17,19). The minimum atomic E-state index is -0.647. The van der Waals surface area contributed by atoms with Crippen LogP contribution in [-0.2, 0) is 11.2 Å². The summed E-state index contributed by atoms with van der Waals surface area (Å²) >= 11 is 0. The number of benzene rings is 2. The van der Waals surface area contributed by atoms with E-state index in [2.05, 4.69) is 5.32 Å². The van der Waals surface area contributed by atoms with Gasteiger partial charge in [0.1, 0.15) is 0 Å². The van der Waals surface area contributed by atoms with Gasteiger partial charge in [0, 0.05) is 5.56 Å². The van der Waals surface area contributed by atoms with E-state index in [1.54, 1.807) is 18.2 Å². The van der Waals surface area contributed by atoms with Crippen LogP contribution in [0.5, 0.6) is 11.5 Å². The third-order valence-corrected chi connectivity index (χ3v) is 2.92. The molecule has 0 bridgehead atoms. The predicted octanol–water partition coefficient (Wildman–Crippen LogP) is 1.38. The Morgan fingerprint density at radius 3 is 2.48 bits per heavy atom. The molecule has 0 unspecified atom stereocenters. The number of carbonyl (C=O) groups is 2. The van der Waals surface area contributed by atoms with E-state index < -0.39 is 11.8 Å². The molecular weight excluding hydrogens is 272 g/mol. The van der Waals surface area contributed by atoms with E-state index in [4.69, 9.17) is 5.73 Å². The maximum absolute atomic E-state index is 12.0. The summed E-state index contributed by atoms with van der Waals surface area (Å²) < 4.78 is 0. The summed E-state index contributed by atoms with van der Waals surface area (Å²) in [5.74, 6) is -1.72. The molecule has 5 N–H and O–H groups in total. The van der Waals surface area contributed by atoms with Gasteiger partial charge in [-0.25, -0.2) is 0 Å². The second-order valence-corrected chi connectivity index (χ2v) is 4.42. The molecule has 0 aliphatic heterocycles. The molecule has 0 atom stereocenters. The number of phenols is 2. The molecular formula is C15H14N2O4. The summed E-state index contributed by atoms with van der Waals surface area (Å²) in [5, 5.41) is 21.6. The Morgan fingerprint density at radius 2 is 1.76 bits per heavy atom. The lowest BCUT2D eigenvalue weighted by atomic mass is 10.1. The molecule has 21 heavy (non-hydrogen) atoms. The third kappa shape index (κ3) is 3.30. The molecule has 0 aliphatic rings. The van der Waals surface area contributed by atoms with Gasteiger partial charge in [-0.3, -0.25) is 9.59 Å². The molecule has 2 rings (SSSR count). The fourth-order valence-corrected chi connectivity index (χ4v) is 1.89. The van der Waals surface area contributed by atoms with E-state index in [1.807, 2.05) is 0 Å². The van der Waals surface area contributed by atoms with Crippen LogP contribution < -0.4 is 11.1 Å². The molecule has 0 saturated heterocycles. The number of rotatable bonds is 4. The zero-order valence-electron chi connectivity index (χ0n) is 11.0. The number of para-hydroxylation sites is 2. The van der Waals surface area contributed by atoms with Crippen molar-refractivity contribution in [3.05, 3.63) is 53.6 Å². The van der Waals surface area contributed by atoms with Crippen molar-refractivity contribution in [2.45, 2.75) is 6.42 Å². The van der Waals surface area contributed by atoms with E-state index in [0.29, 0.717) is 5.69 Å². The monoisotopic (exact) mass is 286 g/mol. The highest BCUT2D eigenvalue weighted by molar-refractivity contribution is 6.03. The number of carbonyl (C=O) groups excluding carboxylic acids is 2. The zero-order valence-corrected chi connectivity index (χ0v) is 11.0. The quantitative estimate of drug-likeness (QED) is 0.636. The van der Waals surface area contributed by atoms with Crippen molar-refractivity contribution in [2.75, 3.05) is 5.32 Å². The second-order valence-electron chi connectivity index (χ2n) is 4.42. The molecule has 6 nitrogen and oxygen atoms in total. The third-order valence-electron chi connectivity index (χ3n) is 2.92. The lowest BCUT2D eigenvalue weighted by molar-refractivity contribution is -0.115. The fourth-order valence-electron chi connectivity index (χ4n) is 1.89. The maximum atomic E-state index is 12.0. The van der Waals surface area contributed by atoms with Crippen LogP contribution >= 0.6 is 0 Å². The summed E-state index contributed by atoms with van der Waals surface area (Å²) in [7, 11) is 0. The molecule has 2 aromatic carbocycles. The van der Waals surface area contributed by atoms with E-state index >= 15 is 0 Å². The molecule has 0 fully saturated rings. The Kier molecular flexibility index (Phi) is 4.08. The number of nitrogens with two attached hydrogens (primary N) is 1. The fraction of sp³-hybridized carbons (Fsp3) is 0.0667. The van der Waals surface area contributed by atoms with Crippen LogP contribution in [0.2, 0.25) is 0 Å². The predicted molar refractivity (Wildman–Crippen MR) is 77.1 cm³/mol. The van der Waals surface area contributed by atoms with Gasteiger partial charge in [-0.05, 0) is 18.2 Å². The Bertz CT molecular complexity index is 698. The number of phenolic OH excluding ortho intramolecular Hbond substituents is 2. The number of anilines is 1. The van der Waals surface area contributed by atoms with E-state index in [9.17, 15) is 19.8 Å². The molecule has 2 aromatic rings. The molecule has 0 aromatic heterocycles. The highest BCUT2D eigenvalue weighted by Gasteiger charge is 2.13. The Hall–Kier alpha value is -3.02. The number of nitrogens with one attached hydrogen (secondary N) is 1. The van der Waals surface area contributed by atoms with Gasteiger partial charge in [-0.1, -0.05) is 24.3 Å². The van der Waals surface area contributed by atoms with Gasteiger partial charge in [0.2, 0.25) is 5.91 Å². The molecule has 2 amide bonds. The summed E-state index contributed by atoms with van der Waals surface area (Å²) in [4.78, 5) is 23.2. The number of hydrogen-bond acceptors (Lipinski definition) is 4. The van der Waals surface area contributed by atoms with Crippen LogP contribution in [0.3, 0.4) is 0 Å². The van der Waals surface area contributed by atoms with Gasteiger partial charge in [-0.2, -0.15) is 0 Å². The largest absolute Gasteiger partial charge is 0.504 e. The van der Waals surface area contributed by atoms with Crippen molar-refractivity contribution in [1.29, 1.82) is 0 Å². The van der Waals surface area contributed by atoms with E-state index in [1.165, 1.54) is 24.3 Å². The van der Waals surface area contributed by atoms with Crippen molar-refractivity contribution >= 4 is 17.5 Å². The number of amides is 2. The van der Waals surface area contributed by atoms with Crippen LogP contribution in [0.15, 0.2) is 42.5 Å². The number of hydrogen-bond donors (Lipinski definition) is 4. The molecule has 0 spiro atoms. The first-order chi connectivity index (χ1) is 9.99. The van der Waals surface area contributed by atoms with Gasteiger partial charge in [0.05, 0.1) is 17.7 Å². The molecule has 0 saturated carbocycles. The topological polar surface area (TPSA) is 113 Å². The van der Waals surface area contributed by atoms with Crippen LogP contribution in [-0.4, -0.2) is 22.0 Å². The van der Waals surface area contributed by atoms with E-state index in [0.717, 1.165) is 0 Å².